The molecule has 0 bridgehead atoms. The Hall–Kier alpha value is -2.02. The van der Waals surface area contributed by atoms with Crippen molar-refractivity contribution in [2.45, 2.75) is 11.3 Å². The summed E-state index contributed by atoms with van der Waals surface area (Å²) in [6.07, 6.45) is 0.991. The number of hydrogen-bond acceptors (Lipinski definition) is 4. The second-order valence-electron chi connectivity index (χ2n) is 4.94. The molecule has 0 saturated carbocycles. The maximum absolute atomic E-state index is 14.0. The summed E-state index contributed by atoms with van der Waals surface area (Å²) in [6, 6.07) is 0. The molecule has 0 fully saturated rings. The number of hydrogen-bond donors (Lipinski definition) is 3. The Balaban J connectivity index is 2.81. The number of allylic oxidation sites excluding steroid dienone is 6. The van der Waals surface area contributed by atoms with E-state index < -0.39 is 62.8 Å². The van der Waals surface area contributed by atoms with Crippen molar-refractivity contribution < 1.29 is 35.3 Å². The maximum atomic E-state index is 14.0. The molecule has 0 unspecified atom stereocenters. The van der Waals surface area contributed by atoms with Crippen LogP contribution in [0.3, 0.4) is 0 Å². The van der Waals surface area contributed by atoms with Crippen LogP contribution in [0.1, 0.15) is 0 Å². The fraction of sp³-hybridized carbons (Fsp3) is 0.167. The average molecular weight is 360 g/mol. The van der Waals surface area contributed by atoms with Gasteiger partial charge in [0.15, 0.2) is 35.0 Å². The molecule has 24 heavy (non-hydrogen) atoms. The quantitative estimate of drug-likeness (QED) is 0.382. The average Bonchev–Trinajstić information content (AvgIpc) is 2.51. The smallest absolute Gasteiger partial charge is 0.240 e. The zero-order valence-corrected chi connectivity index (χ0v) is 11.4. The van der Waals surface area contributed by atoms with Crippen molar-refractivity contribution in [2.24, 2.45) is 17.2 Å². The summed E-state index contributed by atoms with van der Waals surface area (Å²) in [5.74, 6) is -14.1. The van der Waals surface area contributed by atoms with Gasteiger partial charge >= 0.3 is 0 Å². The van der Waals surface area contributed by atoms with Gasteiger partial charge in [-0.2, -0.15) is 0 Å². The van der Waals surface area contributed by atoms with Gasteiger partial charge in [-0.1, -0.05) is 15.0 Å². The minimum atomic E-state index is -4.18. The van der Waals surface area contributed by atoms with Crippen LogP contribution in [0.2, 0.25) is 0 Å². The molecule has 0 amide bonds. The highest BCUT2D eigenvalue weighted by Gasteiger charge is 2.53. The van der Waals surface area contributed by atoms with E-state index in [-0.39, 0.29) is 0 Å². The number of rotatable bonds is 1. The van der Waals surface area contributed by atoms with Crippen molar-refractivity contribution in [3.8, 4) is 0 Å². The molecule has 2 aliphatic carbocycles. The molecule has 0 saturated heterocycles. The van der Waals surface area contributed by atoms with E-state index in [0.29, 0.717) is 12.2 Å². The lowest BCUT2D eigenvalue weighted by atomic mass is 9.89. The second-order valence-corrected chi connectivity index (χ2v) is 4.94. The first-order valence-corrected chi connectivity index (χ1v) is 5.97. The van der Waals surface area contributed by atoms with E-state index in [1.807, 2.05) is 0 Å². The van der Waals surface area contributed by atoms with E-state index in [4.69, 9.17) is 11.5 Å². The van der Waals surface area contributed by atoms with Crippen molar-refractivity contribution in [1.82, 2.24) is 5.34 Å². The van der Waals surface area contributed by atoms with Crippen LogP contribution in [0.25, 0.3) is 0 Å². The highest BCUT2D eigenvalue weighted by molar-refractivity contribution is 5.62. The summed E-state index contributed by atoms with van der Waals surface area (Å²) in [5.41, 5.74) is 5.12. The lowest BCUT2D eigenvalue weighted by Crippen LogP contribution is -2.52. The molecule has 0 aromatic carbocycles. The Morgan fingerprint density at radius 3 is 1.62 bits per heavy atom. The van der Waals surface area contributed by atoms with Gasteiger partial charge in [0, 0.05) is 5.57 Å². The summed E-state index contributed by atoms with van der Waals surface area (Å²) in [5, 5.41) is -2.31. The fourth-order valence-corrected chi connectivity index (χ4v) is 2.00. The van der Waals surface area contributed by atoms with Gasteiger partial charge in [0.25, 0.3) is 0 Å². The van der Waals surface area contributed by atoms with Gasteiger partial charge in [0.2, 0.25) is 5.66 Å². The molecule has 2 rings (SSSR count). The zero-order valence-electron chi connectivity index (χ0n) is 11.4. The monoisotopic (exact) mass is 360 g/mol. The van der Waals surface area contributed by atoms with Crippen LogP contribution >= 0.6 is 0 Å². The molecule has 0 spiro atoms. The summed E-state index contributed by atoms with van der Waals surface area (Å²) in [7, 11) is 0. The van der Waals surface area contributed by atoms with Crippen molar-refractivity contribution in [3.63, 3.8) is 0 Å². The van der Waals surface area contributed by atoms with Crippen LogP contribution in [0.5, 0.6) is 0 Å². The Labute approximate surface area is 128 Å². The van der Waals surface area contributed by atoms with E-state index in [2.05, 4.69) is 5.73 Å². The molecule has 0 aliphatic heterocycles. The topological polar surface area (TPSA) is 81.3 Å². The first-order valence-electron chi connectivity index (χ1n) is 5.97. The Bertz CT molecular complexity index is 731. The third-order valence-corrected chi connectivity index (χ3v) is 3.36. The minimum absolute atomic E-state index is 0.444. The van der Waals surface area contributed by atoms with E-state index in [9.17, 15) is 35.3 Å². The molecule has 0 aromatic heterocycles. The summed E-state index contributed by atoms with van der Waals surface area (Å²) in [4.78, 5) is 0. The predicted molar refractivity (Wildman–Crippen MR) is 66.0 cm³/mol. The van der Waals surface area contributed by atoms with Crippen molar-refractivity contribution in [2.75, 3.05) is 0 Å². The Morgan fingerprint density at radius 1 is 0.750 bits per heavy atom. The zero-order chi connectivity index (χ0) is 18.6. The molecule has 132 valence electrons. The Morgan fingerprint density at radius 2 is 1.21 bits per heavy atom. The van der Waals surface area contributed by atoms with Gasteiger partial charge < -0.3 is 11.5 Å². The summed E-state index contributed by atoms with van der Waals surface area (Å²) < 4.78 is 108. The number of nitrogens with zero attached hydrogens (tertiary/aromatic N) is 1. The van der Waals surface area contributed by atoms with Crippen LogP contribution in [0.4, 0.5) is 35.3 Å². The van der Waals surface area contributed by atoms with Crippen molar-refractivity contribution in [1.29, 1.82) is 0 Å². The first-order chi connectivity index (χ1) is 10.9. The number of nitrogens with two attached hydrogens (primary N) is 3. The van der Waals surface area contributed by atoms with Gasteiger partial charge in [-0.15, -0.1) is 0 Å². The van der Waals surface area contributed by atoms with Crippen LogP contribution in [-0.2, 0) is 0 Å². The SMILES string of the molecule is NC1(N)C=CC(=C2C(F)=C(F)C(N)(N(F)F)C(F)=C2F)C(F)=C1F. The third kappa shape index (κ3) is 2.30. The van der Waals surface area contributed by atoms with Gasteiger partial charge in [0.1, 0.15) is 5.66 Å². The predicted octanol–water partition coefficient (Wildman–Crippen LogP) is 2.66. The van der Waals surface area contributed by atoms with Crippen LogP contribution in [0, 0.1) is 0 Å². The molecule has 0 aromatic rings. The molecule has 6 N–H and O–H groups in total. The van der Waals surface area contributed by atoms with E-state index in [1.165, 1.54) is 0 Å². The lowest BCUT2D eigenvalue weighted by molar-refractivity contribution is -0.217. The van der Waals surface area contributed by atoms with Gasteiger partial charge in [-0.05, 0) is 6.08 Å². The Kier molecular flexibility index (Phi) is 4.21. The first kappa shape index (κ1) is 18.3. The second kappa shape index (κ2) is 5.51. The van der Waals surface area contributed by atoms with Gasteiger partial charge in [-0.3, -0.25) is 5.73 Å². The fourth-order valence-electron chi connectivity index (χ4n) is 2.00. The van der Waals surface area contributed by atoms with Crippen LogP contribution < -0.4 is 17.2 Å². The molecule has 0 heterocycles. The van der Waals surface area contributed by atoms with Crippen molar-refractivity contribution >= 4 is 0 Å². The van der Waals surface area contributed by atoms with Gasteiger partial charge in [-0.25, -0.2) is 26.3 Å². The van der Waals surface area contributed by atoms with Crippen molar-refractivity contribution in [3.05, 3.63) is 58.3 Å². The highest BCUT2D eigenvalue weighted by Crippen LogP contribution is 2.47. The molecule has 0 atom stereocenters. The van der Waals surface area contributed by atoms with E-state index >= 15 is 0 Å². The standard InChI is InChI=1S/C12H8F8N4/c13-5-3(1-2-11(21,22)8(5)16)4-6(14)9(17)12(23,24(19)20)10(18)7(4)15/h1-2H,21-23H2. The molecule has 12 heteroatoms. The highest BCUT2D eigenvalue weighted by atomic mass is 19.4. The van der Waals surface area contributed by atoms with Crippen LogP contribution in [-0.4, -0.2) is 16.7 Å². The molecule has 0 radical (unpaired) electrons. The molecule has 2 aliphatic rings. The lowest BCUT2D eigenvalue weighted by Gasteiger charge is -2.31. The van der Waals surface area contributed by atoms with E-state index in [1.54, 1.807) is 0 Å². The molecular formula is C12H8F8N4. The van der Waals surface area contributed by atoms with Crippen LogP contribution in [0.15, 0.2) is 58.3 Å². The summed E-state index contributed by atoms with van der Waals surface area (Å²) in [6.45, 7) is 0. The third-order valence-electron chi connectivity index (χ3n) is 3.36. The molecule has 4 nitrogen and oxygen atoms in total. The minimum Gasteiger partial charge on any atom is -0.304 e. The normalized spacial score (nSPS) is 27.8. The maximum Gasteiger partial charge on any atom is 0.240 e. The number of halogens is 8. The van der Waals surface area contributed by atoms with E-state index in [0.717, 1.165) is 0 Å². The largest absolute Gasteiger partial charge is 0.304 e. The summed E-state index contributed by atoms with van der Waals surface area (Å²) >= 11 is 0. The van der Waals surface area contributed by atoms with Gasteiger partial charge in [0.05, 0.1) is 10.9 Å². The molecular weight excluding hydrogens is 352 g/mol.